The highest BCUT2D eigenvalue weighted by Gasteiger charge is 2.09. The largest absolute Gasteiger partial charge is 0.507 e. The number of para-hydroxylation sites is 1. The van der Waals surface area contributed by atoms with E-state index in [0.717, 1.165) is 5.56 Å². The van der Waals surface area contributed by atoms with Crippen LogP contribution in [0.25, 0.3) is 11.4 Å². The van der Waals surface area contributed by atoms with E-state index >= 15 is 0 Å². The highest BCUT2D eigenvalue weighted by Crippen LogP contribution is 2.22. The molecule has 0 spiro atoms. The van der Waals surface area contributed by atoms with Crippen LogP contribution in [0.3, 0.4) is 0 Å². The number of methoxy groups -OCH3 is 1. The second-order valence-electron chi connectivity index (χ2n) is 4.70. The number of hydrogen-bond donors (Lipinski definition) is 2. The lowest BCUT2D eigenvalue weighted by atomic mass is 10.2. The quantitative estimate of drug-likeness (QED) is 0.570. The molecule has 3 aromatic rings. The van der Waals surface area contributed by atoms with Gasteiger partial charge in [0.25, 0.3) is 0 Å². The molecule has 0 atom stereocenters. The van der Waals surface area contributed by atoms with Gasteiger partial charge in [-0.25, -0.2) is 5.10 Å². The van der Waals surface area contributed by atoms with E-state index in [1.165, 1.54) is 10.9 Å². The van der Waals surface area contributed by atoms with Gasteiger partial charge in [0.05, 0.1) is 13.3 Å². The van der Waals surface area contributed by atoms with Crippen molar-refractivity contribution in [2.24, 2.45) is 5.10 Å². The second kappa shape index (κ2) is 6.45. The third-order valence-electron chi connectivity index (χ3n) is 3.23. The predicted molar refractivity (Wildman–Crippen MR) is 90.5 cm³/mol. The number of nitrogens with one attached hydrogen (secondary N) is 1. The molecule has 0 bridgehead atoms. The Kier molecular flexibility index (Phi) is 4.20. The molecule has 0 fully saturated rings. The van der Waals surface area contributed by atoms with Gasteiger partial charge in [-0.3, -0.25) is 0 Å². The normalized spacial score (nSPS) is 11.0. The van der Waals surface area contributed by atoms with Crippen molar-refractivity contribution in [1.29, 1.82) is 0 Å². The molecule has 0 aliphatic carbocycles. The maximum absolute atomic E-state index is 9.80. The first-order valence-corrected chi connectivity index (χ1v) is 7.24. The molecule has 116 valence electrons. The number of benzene rings is 2. The number of nitrogens with zero attached hydrogens (tertiary/aromatic N) is 3. The Morgan fingerprint density at radius 2 is 2.09 bits per heavy atom. The number of rotatable bonds is 4. The predicted octanol–water partition coefficient (Wildman–Crippen LogP) is 3.20. The summed E-state index contributed by atoms with van der Waals surface area (Å²) < 4.78 is 7.08. The number of aromatic nitrogens is 3. The van der Waals surface area contributed by atoms with E-state index in [1.54, 1.807) is 25.3 Å². The Labute approximate surface area is 137 Å². The standard InChI is InChI=1S/C16H14N4O2S/c1-22-13-7-4-6-11(9-13)15-18-19-16(23)20(15)17-10-12-5-2-3-8-14(12)21/h2-10,21H,1H3,(H,19,23)/b17-10-. The van der Waals surface area contributed by atoms with E-state index in [2.05, 4.69) is 15.3 Å². The third-order valence-corrected chi connectivity index (χ3v) is 3.49. The minimum Gasteiger partial charge on any atom is -0.507 e. The van der Waals surface area contributed by atoms with Crippen LogP contribution in [0.5, 0.6) is 11.5 Å². The molecular weight excluding hydrogens is 312 g/mol. The maximum atomic E-state index is 9.80. The van der Waals surface area contributed by atoms with Crippen molar-refractivity contribution in [3.8, 4) is 22.9 Å². The lowest BCUT2D eigenvalue weighted by Crippen LogP contribution is -1.95. The highest BCUT2D eigenvalue weighted by molar-refractivity contribution is 7.71. The summed E-state index contributed by atoms with van der Waals surface area (Å²) in [6, 6.07) is 14.4. The van der Waals surface area contributed by atoms with Crippen LogP contribution >= 0.6 is 12.2 Å². The van der Waals surface area contributed by atoms with E-state index in [9.17, 15) is 5.11 Å². The number of ether oxygens (including phenoxy) is 1. The molecule has 2 N–H and O–H groups in total. The SMILES string of the molecule is COc1cccc(-c2n[nH]c(=S)n2/N=C\c2ccccc2O)c1. The van der Waals surface area contributed by atoms with Crippen LogP contribution < -0.4 is 4.74 Å². The Morgan fingerprint density at radius 1 is 1.26 bits per heavy atom. The molecule has 0 saturated carbocycles. The summed E-state index contributed by atoms with van der Waals surface area (Å²) >= 11 is 5.22. The van der Waals surface area contributed by atoms with Crippen molar-refractivity contribution < 1.29 is 9.84 Å². The molecular formula is C16H14N4O2S. The van der Waals surface area contributed by atoms with E-state index < -0.39 is 0 Å². The van der Waals surface area contributed by atoms with Crippen LogP contribution in [0.4, 0.5) is 0 Å². The van der Waals surface area contributed by atoms with Gasteiger partial charge >= 0.3 is 0 Å². The molecule has 7 heteroatoms. The number of aromatic amines is 1. The molecule has 0 aliphatic rings. The summed E-state index contributed by atoms with van der Waals surface area (Å²) in [4.78, 5) is 0. The van der Waals surface area contributed by atoms with Gasteiger partial charge in [-0.15, -0.1) is 0 Å². The first-order valence-electron chi connectivity index (χ1n) is 6.83. The molecule has 0 amide bonds. The van der Waals surface area contributed by atoms with Crippen molar-refractivity contribution in [3.05, 3.63) is 58.9 Å². The summed E-state index contributed by atoms with van der Waals surface area (Å²) in [6.07, 6.45) is 1.53. The minimum atomic E-state index is 0.147. The van der Waals surface area contributed by atoms with Crippen molar-refractivity contribution in [3.63, 3.8) is 0 Å². The third kappa shape index (κ3) is 3.14. The number of phenols is 1. The van der Waals surface area contributed by atoms with Crippen LogP contribution in [0.15, 0.2) is 53.6 Å². The van der Waals surface area contributed by atoms with Crippen molar-refractivity contribution in [2.45, 2.75) is 0 Å². The molecule has 0 unspecified atom stereocenters. The summed E-state index contributed by atoms with van der Waals surface area (Å²) in [7, 11) is 1.60. The Morgan fingerprint density at radius 3 is 2.87 bits per heavy atom. The summed E-state index contributed by atoms with van der Waals surface area (Å²) in [6.45, 7) is 0. The van der Waals surface area contributed by atoms with Crippen LogP contribution in [0, 0.1) is 4.77 Å². The first kappa shape index (κ1) is 15.0. The summed E-state index contributed by atoms with van der Waals surface area (Å²) in [5.41, 5.74) is 1.40. The minimum absolute atomic E-state index is 0.147. The molecule has 0 saturated heterocycles. The van der Waals surface area contributed by atoms with Gasteiger partial charge < -0.3 is 9.84 Å². The fourth-order valence-corrected chi connectivity index (χ4v) is 2.24. The molecule has 1 aromatic heterocycles. The molecule has 23 heavy (non-hydrogen) atoms. The number of hydrogen-bond acceptors (Lipinski definition) is 5. The highest BCUT2D eigenvalue weighted by atomic mass is 32.1. The van der Waals surface area contributed by atoms with Crippen molar-refractivity contribution >= 4 is 18.4 Å². The average Bonchev–Trinajstić information content (AvgIpc) is 2.95. The molecule has 6 nitrogen and oxygen atoms in total. The van der Waals surface area contributed by atoms with Crippen molar-refractivity contribution in [2.75, 3.05) is 7.11 Å². The summed E-state index contributed by atoms with van der Waals surface area (Å²) in [5.74, 6) is 1.42. The monoisotopic (exact) mass is 326 g/mol. The van der Waals surface area contributed by atoms with E-state index in [4.69, 9.17) is 17.0 Å². The van der Waals surface area contributed by atoms with E-state index in [1.807, 2.05) is 30.3 Å². The van der Waals surface area contributed by atoms with E-state index in [0.29, 0.717) is 21.9 Å². The number of H-pyrrole nitrogens is 1. The van der Waals surface area contributed by atoms with Gasteiger partial charge in [-0.2, -0.15) is 14.9 Å². The molecule has 1 heterocycles. The van der Waals surface area contributed by atoms with Gasteiger partial charge in [-0.05, 0) is 36.5 Å². The van der Waals surface area contributed by atoms with Crippen LogP contribution in [-0.2, 0) is 0 Å². The first-order chi connectivity index (χ1) is 11.2. The van der Waals surface area contributed by atoms with Gasteiger partial charge in [0.1, 0.15) is 11.5 Å². The van der Waals surface area contributed by atoms with Crippen LogP contribution in [0.2, 0.25) is 0 Å². The van der Waals surface area contributed by atoms with Gasteiger partial charge in [0, 0.05) is 11.1 Å². The second-order valence-corrected chi connectivity index (χ2v) is 5.09. The van der Waals surface area contributed by atoms with Crippen LogP contribution in [-0.4, -0.2) is 33.3 Å². The summed E-state index contributed by atoms with van der Waals surface area (Å²) in [5, 5.41) is 21.1. The lowest BCUT2D eigenvalue weighted by Gasteiger charge is -2.04. The zero-order valence-electron chi connectivity index (χ0n) is 12.3. The molecule has 3 rings (SSSR count). The van der Waals surface area contributed by atoms with E-state index in [-0.39, 0.29) is 5.75 Å². The Hall–Kier alpha value is -2.93. The molecule has 0 radical (unpaired) electrons. The smallest absolute Gasteiger partial charge is 0.216 e. The van der Waals surface area contributed by atoms with Gasteiger partial charge in [-0.1, -0.05) is 24.3 Å². The topological polar surface area (TPSA) is 75.4 Å². The van der Waals surface area contributed by atoms with Gasteiger partial charge in [0.15, 0.2) is 5.82 Å². The average molecular weight is 326 g/mol. The fourth-order valence-electron chi connectivity index (χ4n) is 2.06. The molecule has 2 aromatic carbocycles. The lowest BCUT2D eigenvalue weighted by molar-refractivity contribution is 0.415. The zero-order chi connectivity index (χ0) is 16.2. The Bertz CT molecular complexity index is 914. The maximum Gasteiger partial charge on any atom is 0.216 e. The fraction of sp³-hybridized carbons (Fsp3) is 0.0625. The number of aromatic hydroxyl groups is 1. The Balaban J connectivity index is 2.02. The van der Waals surface area contributed by atoms with Crippen molar-refractivity contribution in [1.82, 2.24) is 14.9 Å². The van der Waals surface area contributed by atoms with Crippen LogP contribution in [0.1, 0.15) is 5.56 Å². The molecule has 0 aliphatic heterocycles. The van der Waals surface area contributed by atoms with Gasteiger partial charge in [0.2, 0.25) is 4.77 Å². The number of phenolic OH excluding ortho intramolecular Hbond substituents is 1. The zero-order valence-corrected chi connectivity index (χ0v) is 13.1.